The van der Waals surface area contributed by atoms with Gasteiger partial charge in [-0.25, -0.2) is 4.68 Å². The third-order valence-corrected chi connectivity index (χ3v) is 5.06. The Morgan fingerprint density at radius 1 is 1.27 bits per heavy atom. The van der Waals surface area contributed by atoms with Gasteiger partial charge in [-0.2, -0.15) is 5.10 Å². The van der Waals surface area contributed by atoms with Gasteiger partial charge in [-0.1, -0.05) is 12.1 Å². The number of amides is 1. The fourth-order valence-electron chi connectivity index (χ4n) is 2.69. The molecule has 0 aliphatic carbocycles. The minimum atomic E-state index is -0.707. The second-order valence-corrected chi connectivity index (χ2v) is 7.04. The number of nitrogens with two attached hydrogens (primary N) is 1. The van der Waals surface area contributed by atoms with Gasteiger partial charge in [0.25, 0.3) is 5.91 Å². The summed E-state index contributed by atoms with van der Waals surface area (Å²) in [6.45, 7) is 0.963. The van der Waals surface area contributed by atoms with E-state index in [-0.39, 0.29) is 11.3 Å². The largest absolute Gasteiger partial charge is 0.507 e. The van der Waals surface area contributed by atoms with Crippen molar-refractivity contribution in [1.82, 2.24) is 4.68 Å². The van der Waals surface area contributed by atoms with E-state index < -0.39 is 5.91 Å². The summed E-state index contributed by atoms with van der Waals surface area (Å²) in [5.41, 5.74) is 7.65. The molecule has 1 amide bonds. The lowest BCUT2D eigenvalue weighted by molar-refractivity contribution is 0.0998. The lowest BCUT2D eigenvalue weighted by Gasteiger charge is -2.07. The van der Waals surface area contributed by atoms with Crippen LogP contribution in [-0.2, 0) is 4.74 Å². The van der Waals surface area contributed by atoms with Crippen LogP contribution in [0.15, 0.2) is 57.9 Å². The molecule has 0 atom stereocenters. The molecule has 30 heavy (non-hydrogen) atoms. The second-order valence-electron chi connectivity index (χ2n) is 6.21. The first-order valence-corrected chi connectivity index (χ1v) is 9.93. The Morgan fingerprint density at radius 2 is 2.10 bits per heavy atom. The fraction of sp³-hybridized carbons (Fsp3) is 0.190. The maximum atomic E-state index is 11.6. The average molecular weight is 426 g/mol. The highest BCUT2D eigenvalue weighted by Gasteiger charge is 2.13. The van der Waals surface area contributed by atoms with E-state index in [4.69, 9.17) is 15.2 Å². The minimum Gasteiger partial charge on any atom is -0.507 e. The molecule has 3 aromatic rings. The van der Waals surface area contributed by atoms with E-state index in [1.807, 2.05) is 29.6 Å². The Kier molecular flexibility index (Phi) is 6.99. The van der Waals surface area contributed by atoms with Gasteiger partial charge in [-0.15, -0.1) is 11.3 Å². The van der Waals surface area contributed by atoms with E-state index in [9.17, 15) is 9.90 Å². The van der Waals surface area contributed by atoms with Crippen LogP contribution in [0.1, 0.15) is 15.9 Å². The van der Waals surface area contributed by atoms with Crippen molar-refractivity contribution in [2.24, 2.45) is 15.8 Å². The maximum Gasteiger partial charge on any atom is 0.252 e. The van der Waals surface area contributed by atoms with Crippen molar-refractivity contribution in [1.29, 1.82) is 0 Å². The molecule has 0 unspecified atom stereocenters. The van der Waals surface area contributed by atoms with Crippen molar-refractivity contribution in [3.63, 3.8) is 0 Å². The number of thiazole rings is 1. The molecule has 2 aromatic carbocycles. The van der Waals surface area contributed by atoms with Gasteiger partial charge in [0.05, 0.1) is 37.7 Å². The highest BCUT2D eigenvalue weighted by Crippen LogP contribution is 2.26. The molecule has 0 aliphatic heterocycles. The summed E-state index contributed by atoms with van der Waals surface area (Å²) in [7, 11) is 3.22. The van der Waals surface area contributed by atoms with Crippen LogP contribution in [0.25, 0.3) is 11.3 Å². The lowest BCUT2D eigenvalue weighted by Crippen LogP contribution is -2.14. The number of aromatic hydroxyl groups is 1. The molecule has 156 valence electrons. The van der Waals surface area contributed by atoms with E-state index in [1.165, 1.54) is 23.5 Å². The van der Waals surface area contributed by atoms with Crippen molar-refractivity contribution < 1.29 is 19.4 Å². The monoisotopic (exact) mass is 426 g/mol. The number of phenols is 1. The smallest absolute Gasteiger partial charge is 0.252 e. The highest BCUT2D eigenvalue weighted by molar-refractivity contribution is 7.07. The van der Waals surface area contributed by atoms with E-state index in [0.717, 1.165) is 11.3 Å². The molecule has 0 saturated carbocycles. The first-order valence-electron chi connectivity index (χ1n) is 9.05. The SMILES string of the molecule is COCCN=c1scc(-c2ccc(O)c(C(N)=O)c2)n1/N=C/c1cccc(OC)c1. The average Bonchev–Trinajstić information content (AvgIpc) is 3.15. The number of methoxy groups -OCH3 is 2. The molecular weight excluding hydrogens is 404 g/mol. The number of hydrogen-bond acceptors (Lipinski definition) is 7. The molecule has 0 aliphatic rings. The van der Waals surface area contributed by atoms with Crippen LogP contribution in [-0.4, -0.2) is 49.3 Å². The number of nitrogens with zero attached hydrogens (tertiary/aromatic N) is 3. The van der Waals surface area contributed by atoms with Gasteiger partial charge in [0.1, 0.15) is 11.5 Å². The number of benzene rings is 2. The zero-order valence-corrected chi connectivity index (χ0v) is 17.4. The van der Waals surface area contributed by atoms with Crippen molar-refractivity contribution in [3.05, 3.63) is 63.8 Å². The van der Waals surface area contributed by atoms with Gasteiger partial charge in [-0.3, -0.25) is 9.79 Å². The Bertz CT molecular complexity index is 1130. The number of primary amides is 1. The van der Waals surface area contributed by atoms with Gasteiger partial charge in [-0.05, 0) is 35.9 Å². The molecule has 0 radical (unpaired) electrons. The highest BCUT2D eigenvalue weighted by atomic mass is 32.1. The molecule has 3 N–H and O–H groups in total. The Labute approximate surface area is 177 Å². The summed E-state index contributed by atoms with van der Waals surface area (Å²) < 4.78 is 12.0. The van der Waals surface area contributed by atoms with Crippen LogP contribution in [0.3, 0.4) is 0 Å². The summed E-state index contributed by atoms with van der Waals surface area (Å²) in [4.78, 5) is 16.8. The molecule has 1 heterocycles. The number of aromatic nitrogens is 1. The predicted molar refractivity (Wildman–Crippen MR) is 116 cm³/mol. The van der Waals surface area contributed by atoms with E-state index in [2.05, 4.69) is 10.1 Å². The van der Waals surface area contributed by atoms with Gasteiger partial charge in [0.2, 0.25) is 4.80 Å². The maximum absolute atomic E-state index is 11.6. The molecule has 8 nitrogen and oxygen atoms in total. The summed E-state index contributed by atoms with van der Waals surface area (Å²) in [5.74, 6) is -0.150. The van der Waals surface area contributed by atoms with E-state index >= 15 is 0 Å². The predicted octanol–water partition coefficient (Wildman–Crippen LogP) is 2.46. The molecule has 0 bridgehead atoms. The van der Waals surface area contributed by atoms with E-state index in [0.29, 0.717) is 29.2 Å². The van der Waals surface area contributed by atoms with Crippen LogP contribution in [0, 0.1) is 0 Å². The van der Waals surface area contributed by atoms with Crippen molar-refractivity contribution in [2.75, 3.05) is 27.4 Å². The van der Waals surface area contributed by atoms with Crippen molar-refractivity contribution in [2.45, 2.75) is 0 Å². The Morgan fingerprint density at radius 3 is 2.83 bits per heavy atom. The van der Waals surface area contributed by atoms with Crippen LogP contribution in [0.4, 0.5) is 0 Å². The summed E-state index contributed by atoms with van der Waals surface area (Å²) in [6.07, 6.45) is 1.70. The summed E-state index contributed by atoms with van der Waals surface area (Å²) >= 11 is 1.41. The van der Waals surface area contributed by atoms with Crippen LogP contribution in [0.5, 0.6) is 11.5 Å². The molecule has 0 spiro atoms. The first-order chi connectivity index (χ1) is 14.5. The molecule has 0 saturated heterocycles. The number of hydrogen-bond donors (Lipinski definition) is 2. The quantitative estimate of drug-likeness (QED) is 0.426. The van der Waals surface area contributed by atoms with Crippen molar-refractivity contribution in [3.8, 4) is 22.8 Å². The van der Waals surface area contributed by atoms with Crippen LogP contribution in [0.2, 0.25) is 0 Å². The fourth-order valence-corrected chi connectivity index (χ4v) is 3.55. The number of carbonyl (C=O) groups excluding carboxylic acids is 1. The summed E-state index contributed by atoms with van der Waals surface area (Å²) in [6, 6.07) is 12.2. The van der Waals surface area contributed by atoms with Gasteiger partial charge >= 0.3 is 0 Å². The topological polar surface area (TPSA) is 111 Å². The Balaban J connectivity index is 2.08. The zero-order chi connectivity index (χ0) is 21.5. The summed E-state index contributed by atoms with van der Waals surface area (Å²) in [5, 5.41) is 16.4. The lowest BCUT2D eigenvalue weighted by atomic mass is 10.1. The molecule has 3 rings (SSSR count). The molecule has 0 fully saturated rings. The third-order valence-electron chi connectivity index (χ3n) is 4.20. The number of carbonyl (C=O) groups is 1. The standard InChI is InChI=1S/C21H22N4O4S/c1-28-9-8-23-21-25(24-12-14-4-3-5-16(10-14)29-2)18(13-30-21)15-6-7-19(26)17(11-15)20(22)27/h3-7,10-13,26H,8-9H2,1-2H3,(H2,22,27)/b23-21?,24-12+. The Hall–Kier alpha value is -3.43. The van der Waals surface area contributed by atoms with Gasteiger partial charge in [0.15, 0.2) is 0 Å². The third kappa shape index (κ3) is 4.94. The molecule has 9 heteroatoms. The zero-order valence-electron chi connectivity index (χ0n) is 16.6. The van der Waals surface area contributed by atoms with Crippen LogP contribution < -0.4 is 15.3 Å². The minimum absolute atomic E-state index is 0.0416. The van der Waals surface area contributed by atoms with Crippen molar-refractivity contribution >= 4 is 23.5 Å². The molecule has 1 aromatic heterocycles. The number of ether oxygens (including phenoxy) is 2. The van der Waals surface area contributed by atoms with Crippen LogP contribution >= 0.6 is 11.3 Å². The first kappa shape index (κ1) is 21.3. The molecular formula is C21H22N4O4S. The normalized spacial score (nSPS) is 11.9. The van der Waals surface area contributed by atoms with Gasteiger partial charge < -0.3 is 20.3 Å². The van der Waals surface area contributed by atoms with E-state index in [1.54, 1.807) is 31.2 Å². The van der Waals surface area contributed by atoms with Gasteiger partial charge in [0, 0.05) is 18.1 Å². The second kappa shape index (κ2) is 9.86. The number of rotatable bonds is 8.